The maximum atomic E-state index is 8.58. The van der Waals surface area contributed by atoms with E-state index in [9.17, 15) is 0 Å². The molecule has 0 saturated carbocycles. The Balaban J connectivity index is 3.06. The molecule has 98 valence electrons. The number of unbranched alkanes of at least 4 members (excludes halogenated alkanes) is 1. The monoisotopic (exact) mass is 247 g/mol. The summed E-state index contributed by atoms with van der Waals surface area (Å²) in [7, 11) is 3.37. The third-order valence-electron chi connectivity index (χ3n) is 2.99. The highest BCUT2D eigenvalue weighted by molar-refractivity contribution is 5.48. The number of nitrogens with zero attached hydrogens (tertiary/aromatic N) is 1. The zero-order valence-corrected chi connectivity index (χ0v) is 11.6. The van der Waals surface area contributed by atoms with Crippen molar-refractivity contribution in [2.75, 3.05) is 14.2 Å². The molecule has 0 atom stereocenters. The number of hydrogen-bond donors (Lipinski definition) is 0. The van der Waals surface area contributed by atoms with Gasteiger partial charge in [0.05, 0.1) is 20.3 Å². The van der Waals surface area contributed by atoms with Crippen molar-refractivity contribution in [1.29, 1.82) is 5.26 Å². The standard InChI is InChI=1S/C15H21NO2/c1-11(2)13-10-14(17-3)12(7-5-6-8-16)9-15(13)18-4/h9-11H,5-7H2,1-4H3. The molecule has 1 aromatic rings. The second-order valence-electron chi connectivity index (χ2n) is 4.57. The van der Waals surface area contributed by atoms with Crippen LogP contribution in [-0.4, -0.2) is 14.2 Å². The van der Waals surface area contributed by atoms with E-state index in [4.69, 9.17) is 14.7 Å². The highest BCUT2D eigenvalue weighted by Crippen LogP contribution is 2.34. The van der Waals surface area contributed by atoms with E-state index in [-0.39, 0.29) is 0 Å². The molecule has 1 aromatic carbocycles. The average molecular weight is 247 g/mol. The number of benzene rings is 1. The molecule has 0 saturated heterocycles. The lowest BCUT2D eigenvalue weighted by atomic mass is 9.97. The van der Waals surface area contributed by atoms with Crippen molar-refractivity contribution in [2.24, 2.45) is 0 Å². The maximum absolute atomic E-state index is 8.58. The summed E-state index contributed by atoms with van der Waals surface area (Å²) in [5.74, 6) is 2.18. The summed E-state index contributed by atoms with van der Waals surface area (Å²) < 4.78 is 10.9. The van der Waals surface area contributed by atoms with Crippen molar-refractivity contribution < 1.29 is 9.47 Å². The van der Waals surface area contributed by atoms with E-state index >= 15 is 0 Å². The molecule has 0 bridgehead atoms. The normalized spacial score (nSPS) is 10.2. The number of ether oxygens (including phenoxy) is 2. The van der Waals surface area contributed by atoms with E-state index < -0.39 is 0 Å². The first-order valence-corrected chi connectivity index (χ1v) is 6.25. The molecule has 0 amide bonds. The van der Waals surface area contributed by atoms with E-state index in [0.29, 0.717) is 12.3 Å². The summed E-state index contributed by atoms with van der Waals surface area (Å²) in [4.78, 5) is 0. The summed E-state index contributed by atoms with van der Waals surface area (Å²) in [6, 6.07) is 6.24. The van der Waals surface area contributed by atoms with Crippen LogP contribution in [0.1, 0.15) is 43.7 Å². The second-order valence-corrected chi connectivity index (χ2v) is 4.57. The lowest BCUT2D eigenvalue weighted by molar-refractivity contribution is 0.392. The molecule has 1 rings (SSSR count). The van der Waals surface area contributed by atoms with E-state index in [1.807, 2.05) is 12.1 Å². The van der Waals surface area contributed by atoms with Crippen molar-refractivity contribution >= 4 is 0 Å². The molecular formula is C15H21NO2. The summed E-state index contributed by atoms with van der Waals surface area (Å²) in [6.45, 7) is 4.26. The minimum absolute atomic E-state index is 0.391. The highest BCUT2D eigenvalue weighted by atomic mass is 16.5. The Kier molecular flexibility index (Phi) is 5.51. The zero-order chi connectivity index (χ0) is 13.5. The van der Waals surface area contributed by atoms with E-state index in [1.165, 1.54) is 0 Å². The van der Waals surface area contributed by atoms with Crippen LogP contribution in [0.5, 0.6) is 11.5 Å². The first-order chi connectivity index (χ1) is 8.63. The Morgan fingerprint density at radius 1 is 1.17 bits per heavy atom. The fourth-order valence-corrected chi connectivity index (χ4v) is 1.99. The average Bonchev–Trinajstić information content (AvgIpc) is 2.38. The van der Waals surface area contributed by atoms with Gasteiger partial charge in [0.2, 0.25) is 0 Å². The van der Waals surface area contributed by atoms with Gasteiger partial charge in [0.15, 0.2) is 0 Å². The summed E-state index contributed by atoms with van der Waals surface area (Å²) in [6.07, 6.45) is 2.25. The van der Waals surface area contributed by atoms with E-state index in [1.54, 1.807) is 14.2 Å². The van der Waals surface area contributed by atoms with Gasteiger partial charge in [-0.2, -0.15) is 5.26 Å². The van der Waals surface area contributed by atoms with Crippen LogP contribution in [0.3, 0.4) is 0 Å². The Labute approximate surface area is 109 Å². The van der Waals surface area contributed by atoms with Crippen molar-refractivity contribution in [1.82, 2.24) is 0 Å². The third kappa shape index (κ3) is 3.40. The molecule has 0 unspecified atom stereocenters. The van der Waals surface area contributed by atoms with E-state index in [2.05, 4.69) is 19.9 Å². The summed E-state index contributed by atoms with van der Waals surface area (Å²) >= 11 is 0. The second kappa shape index (κ2) is 6.90. The number of hydrogen-bond acceptors (Lipinski definition) is 3. The van der Waals surface area contributed by atoms with E-state index in [0.717, 1.165) is 35.5 Å². The fourth-order valence-electron chi connectivity index (χ4n) is 1.99. The fraction of sp³-hybridized carbons (Fsp3) is 0.533. The van der Waals surface area contributed by atoms with Crippen LogP contribution in [0.25, 0.3) is 0 Å². The lowest BCUT2D eigenvalue weighted by Crippen LogP contribution is -2.00. The Morgan fingerprint density at radius 2 is 1.83 bits per heavy atom. The predicted molar refractivity (Wildman–Crippen MR) is 72.2 cm³/mol. The third-order valence-corrected chi connectivity index (χ3v) is 2.99. The first-order valence-electron chi connectivity index (χ1n) is 6.25. The lowest BCUT2D eigenvalue weighted by Gasteiger charge is -2.16. The first kappa shape index (κ1) is 14.4. The van der Waals surface area contributed by atoms with Gasteiger partial charge < -0.3 is 9.47 Å². The van der Waals surface area contributed by atoms with Gasteiger partial charge in [-0.05, 0) is 36.5 Å². The van der Waals surface area contributed by atoms with Gasteiger partial charge in [-0.25, -0.2) is 0 Å². The van der Waals surface area contributed by atoms with Crippen LogP contribution in [0.15, 0.2) is 12.1 Å². The molecule has 0 aliphatic rings. The van der Waals surface area contributed by atoms with Crippen LogP contribution in [0, 0.1) is 11.3 Å². The molecule has 0 aliphatic heterocycles. The zero-order valence-electron chi connectivity index (χ0n) is 11.6. The van der Waals surface area contributed by atoms with Gasteiger partial charge in [-0.1, -0.05) is 13.8 Å². The summed E-state index contributed by atoms with van der Waals surface area (Å²) in [5.41, 5.74) is 2.26. The van der Waals surface area contributed by atoms with Crippen LogP contribution < -0.4 is 9.47 Å². The highest BCUT2D eigenvalue weighted by Gasteiger charge is 2.13. The van der Waals surface area contributed by atoms with Gasteiger partial charge in [0.25, 0.3) is 0 Å². The predicted octanol–water partition coefficient (Wildman–Crippen LogP) is 3.67. The van der Waals surface area contributed by atoms with Gasteiger partial charge in [0, 0.05) is 12.0 Å². The molecule has 0 radical (unpaired) electrons. The molecule has 0 heterocycles. The Hall–Kier alpha value is -1.69. The molecule has 0 fully saturated rings. The number of methoxy groups -OCH3 is 2. The van der Waals surface area contributed by atoms with Crippen molar-refractivity contribution in [2.45, 2.75) is 39.0 Å². The molecule has 0 N–H and O–H groups in total. The minimum Gasteiger partial charge on any atom is -0.496 e. The topological polar surface area (TPSA) is 42.2 Å². The number of nitriles is 1. The number of aryl methyl sites for hydroxylation is 1. The molecule has 3 nitrogen and oxygen atoms in total. The van der Waals surface area contributed by atoms with Gasteiger partial charge in [-0.15, -0.1) is 0 Å². The molecule has 0 aromatic heterocycles. The van der Waals surface area contributed by atoms with Gasteiger partial charge in [-0.3, -0.25) is 0 Å². The van der Waals surface area contributed by atoms with Crippen LogP contribution >= 0.6 is 0 Å². The Morgan fingerprint density at radius 3 is 2.33 bits per heavy atom. The van der Waals surface area contributed by atoms with Gasteiger partial charge in [0.1, 0.15) is 11.5 Å². The molecule has 0 aliphatic carbocycles. The van der Waals surface area contributed by atoms with Crippen LogP contribution in [-0.2, 0) is 6.42 Å². The van der Waals surface area contributed by atoms with Gasteiger partial charge >= 0.3 is 0 Å². The molecule has 3 heteroatoms. The SMILES string of the molecule is COc1cc(C(C)C)c(OC)cc1CCCC#N. The van der Waals surface area contributed by atoms with Crippen molar-refractivity contribution in [3.8, 4) is 17.6 Å². The van der Waals surface area contributed by atoms with Crippen LogP contribution in [0.2, 0.25) is 0 Å². The largest absolute Gasteiger partial charge is 0.496 e. The smallest absolute Gasteiger partial charge is 0.122 e. The molecular weight excluding hydrogens is 226 g/mol. The summed E-state index contributed by atoms with van der Waals surface area (Å²) in [5, 5.41) is 8.58. The number of rotatable bonds is 6. The van der Waals surface area contributed by atoms with Crippen molar-refractivity contribution in [3.05, 3.63) is 23.3 Å². The van der Waals surface area contributed by atoms with Crippen molar-refractivity contribution in [3.63, 3.8) is 0 Å². The van der Waals surface area contributed by atoms with Crippen LogP contribution in [0.4, 0.5) is 0 Å². The molecule has 0 spiro atoms. The quantitative estimate of drug-likeness (QED) is 0.720. The minimum atomic E-state index is 0.391. The maximum Gasteiger partial charge on any atom is 0.122 e. The Bertz CT molecular complexity index is 433. The molecule has 18 heavy (non-hydrogen) atoms.